The zero-order valence-electron chi connectivity index (χ0n) is 16.5. The van der Waals surface area contributed by atoms with Crippen LogP contribution in [0.5, 0.6) is 0 Å². The quantitative estimate of drug-likeness (QED) is 0.508. The van der Waals surface area contributed by atoms with Gasteiger partial charge in [-0.1, -0.05) is 18.2 Å². The van der Waals surface area contributed by atoms with Crippen molar-refractivity contribution in [2.75, 3.05) is 30.9 Å². The zero-order chi connectivity index (χ0) is 20.6. The van der Waals surface area contributed by atoms with E-state index in [9.17, 15) is 9.59 Å². The van der Waals surface area contributed by atoms with Gasteiger partial charge < -0.3 is 10.2 Å². The lowest BCUT2D eigenvalue weighted by atomic mass is 10.1. The van der Waals surface area contributed by atoms with Gasteiger partial charge >= 0.3 is 0 Å². The SMILES string of the molecule is CN(C)c1ccc(CCCNC(=O)Cc2csc(NC(=O)c3cccs3)n2)cc1. The van der Waals surface area contributed by atoms with Crippen molar-refractivity contribution in [1.29, 1.82) is 0 Å². The Morgan fingerprint density at radius 2 is 1.90 bits per heavy atom. The average molecular weight is 429 g/mol. The molecule has 2 aromatic heterocycles. The molecule has 6 nitrogen and oxygen atoms in total. The molecule has 0 fully saturated rings. The minimum atomic E-state index is -0.177. The molecule has 29 heavy (non-hydrogen) atoms. The van der Waals surface area contributed by atoms with Gasteiger partial charge in [0.25, 0.3) is 5.91 Å². The molecular formula is C21H24N4O2S2. The van der Waals surface area contributed by atoms with E-state index in [2.05, 4.69) is 44.8 Å². The average Bonchev–Trinajstić information content (AvgIpc) is 3.38. The number of nitrogens with one attached hydrogen (secondary N) is 2. The van der Waals surface area contributed by atoms with Crippen LogP contribution in [0.1, 0.15) is 27.3 Å². The van der Waals surface area contributed by atoms with Crippen molar-refractivity contribution in [3.8, 4) is 0 Å². The van der Waals surface area contributed by atoms with Crippen LogP contribution in [-0.2, 0) is 17.6 Å². The van der Waals surface area contributed by atoms with E-state index >= 15 is 0 Å². The second-order valence-corrected chi connectivity index (χ2v) is 8.57. The Morgan fingerprint density at radius 3 is 2.59 bits per heavy atom. The van der Waals surface area contributed by atoms with E-state index in [1.54, 1.807) is 11.4 Å². The number of thiazole rings is 1. The largest absolute Gasteiger partial charge is 0.378 e. The predicted octanol–water partition coefficient (Wildman–Crippen LogP) is 3.81. The van der Waals surface area contributed by atoms with Gasteiger partial charge in [0.15, 0.2) is 5.13 Å². The number of aromatic nitrogens is 1. The van der Waals surface area contributed by atoms with Crippen molar-refractivity contribution in [2.45, 2.75) is 19.3 Å². The summed E-state index contributed by atoms with van der Waals surface area (Å²) in [6, 6.07) is 12.0. The van der Waals surface area contributed by atoms with Crippen LogP contribution in [0.15, 0.2) is 47.2 Å². The molecule has 0 aliphatic rings. The van der Waals surface area contributed by atoms with Crippen molar-refractivity contribution in [3.05, 3.63) is 63.3 Å². The number of thiophene rings is 1. The number of rotatable bonds is 9. The lowest BCUT2D eigenvalue weighted by molar-refractivity contribution is -0.120. The standard InChI is InChI=1S/C21H24N4O2S2/c1-25(2)17-9-7-15(8-10-17)5-3-11-22-19(26)13-16-14-29-21(23-16)24-20(27)18-6-4-12-28-18/h4,6-10,12,14H,3,5,11,13H2,1-2H3,(H,22,26)(H,23,24,27). The molecule has 8 heteroatoms. The number of amides is 2. The second kappa shape index (κ2) is 10.2. The third kappa shape index (κ3) is 6.40. The summed E-state index contributed by atoms with van der Waals surface area (Å²) in [5.41, 5.74) is 3.10. The number of nitrogens with zero attached hydrogens (tertiary/aromatic N) is 2. The summed E-state index contributed by atoms with van der Waals surface area (Å²) in [6.45, 7) is 0.625. The van der Waals surface area contributed by atoms with E-state index in [0.29, 0.717) is 22.2 Å². The maximum absolute atomic E-state index is 12.1. The summed E-state index contributed by atoms with van der Waals surface area (Å²) in [7, 11) is 4.04. The number of hydrogen-bond donors (Lipinski definition) is 2. The number of carbonyl (C=O) groups is 2. The van der Waals surface area contributed by atoms with Crippen LogP contribution < -0.4 is 15.5 Å². The van der Waals surface area contributed by atoms with Gasteiger partial charge in [-0.05, 0) is 42.0 Å². The highest BCUT2D eigenvalue weighted by molar-refractivity contribution is 7.14. The molecule has 0 saturated carbocycles. The van der Waals surface area contributed by atoms with Gasteiger partial charge in [-0.15, -0.1) is 22.7 Å². The van der Waals surface area contributed by atoms with Crippen molar-refractivity contribution >= 4 is 45.3 Å². The van der Waals surface area contributed by atoms with E-state index in [1.165, 1.54) is 33.9 Å². The van der Waals surface area contributed by atoms with E-state index < -0.39 is 0 Å². The first kappa shape index (κ1) is 21.0. The Kier molecular flexibility index (Phi) is 7.37. The number of carbonyl (C=O) groups excluding carboxylic acids is 2. The lowest BCUT2D eigenvalue weighted by Gasteiger charge is -2.12. The van der Waals surface area contributed by atoms with Crippen LogP contribution in [0.4, 0.5) is 10.8 Å². The number of aryl methyl sites for hydroxylation is 1. The number of hydrogen-bond acceptors (Lipinski definition) is 6. The maximum atomic E-state index is 12.1. The number of anilines is 2. The smallest absolute Gasteiger partial charge is 0.267 e. The predicted molar refractivity (Wildman–Crippen MR) is 120 cm³/mol. The molecule has 0 spiro atoms. The minimum absolute atomic E-state index is 0.0608. The van der Waals surface area contributed by atoms with Crippen LogP contribution in [0.3, 0.4) is 0 Å². The molecule has 152 valence electrons. The van der Waals surface area contributed by atoms with E-state index in [1.807, 2.05) is 25.5 Å². The molecule has 3 rings (SSSR count). The van der Waals surface area contributed by atoms with Crippen LogP contribution in [-0.4, -0.2) is 37.4 Å². The Balaban J connectivity index is 1.37. The normalized spacial score (nSPS) is 10.6. The highest BCUT2D eigenvalue weighted by atomic mass is 32.1. The topological polar surface area (TPSA) is 74.3 Å². The first-order valence-corrected chi connectivity index (χ1v) is 11.1. The first-order chi connectivity index (χ1) is 14.0. The van der Waals surface area contributed by atoms with Crippen LogP contribution in [0.25, 0.3) is 0 Å². The third-order valence-electron chi connectivity index (χ3n) is 4.28. The molecule has 0 bridgehead atoms. The Labute approximate surface area is 178 Å². The first-order valence-electron chi connectivity index (χ1n) is 9.33. The summed E-state index contributed by atoms with van der Waals surface area (Å²) in [4.78, 5) is 31.2. The number of benzene rings is 1. The van der Waals surface area contributed by atoms with Gasteiger partial charge in [0, 0.05) is 31.7 Å². The van der Waals surface area contributed by atoms with Gasteiger partial charge in [0.1, 0.15) is 0 Å². The fourth-order valence-corrected chi connectivity index (χ4v) is 4.04. The molecule has 0 atom stereocenters. The minimum Gasteiger partial charge on any atom is -0.378 e. The van der Waals surface area contributed by atoms with E-state index in [-0.39, 0.29) is 18.2 Å². The van der Waals surface area contributed by atoms with Gasteiger partial charge in [0.05, 0.1) is 17.0 Å². The highest BCUT2D eigenvalue weighted by Gasteiger charge is 2.11. The maximum Gasteiger partial charge on any atom is 0.267 e. The third-order valence-corrected chi connectivity index (χ3v) is 5.95. The lowest BCUT2D eigenvalue weighted by Crippen LogP contribution is -2.26. The molecule has 0 aliphatic carbocycles. The van der Waals surface area contributed by atoms with Crippen molar-refractivity contribution in [2.24, 2.45) is 0 Å². The Morgan fingerprint density at radius 1 is 1.10 bits per heavy atom. The van der Waals surface area contributed by atoms with E-state index in [0.717, 1.165) is 12.8 Å². The Hall–Kier alpha value is -2.71. The molecular weight excluding hydrogens is 404 g/mol. The van der Waals surface area contributed by atoms with E-state index in [4.69, 9.17) is 0 Å². The summed E-state index contributed by atoms with van der Waals surface area (Å²) >= 11 is 2.70. The van der Waals surface area contributed by atoms with Gasteiger partial charge in [-0.25, -0.2) is 4.98 Å². The zero-order valence-corrected chi connectivity index (χ0v) is 18.1. The van der Waals surface area contributed by atoms with Gasteiger partial charge in [-0.2, -0.15) is 0 Å². The molecule has 2 heterocycles. The summed E-state index contributed by atoms with van der Waals surface area (Å²) in [5.74, 6) is -0.238. The molecule has 2 amide bonds. The van der Waals surface area contributed by atoms with Crippen LogP contribution >= 0.6 is 22.7 Å². The molecule has 0 aliphatic heterocycles. The molecule has 0 saturated heterocycles. The molecule has 0 unspecified atom stereocenters. The molecule has 3 aromatic rings. The van der Waals surface area contributed by atoms with Crippen molar-refractivity contribution in [3.63, 3.8) is 0 Å². The summed E-state index contributed by atoms with van der Waals surface area (Å²) in [5, 5.41) is 9.86. The summed E-state index contributed by atoms with van der Waals surface area (Å²) in [6.07, 6.45) is 2.01. The molecule has 2 N–H and O–H groups in total. The second-order valence-electron chi connectivity index (χ2n) is 6.77. The fraction of sp³-hybridized carbons (Fsp3) is 0.286. The van der Waals surface area contributed by atoms with Gasteiger partial charge in [0.2, 0.25) is 5.91 Å². The van der Waals surface area contributed by atoms with Crippen molar-refractivity contribution < 1.29 is 9.59 Å². The Bertz CT molecular complexity index is 934. The highest BCUT2D eigenvalue weighted by Crippen LogP contribution is 2.18. The van der Waals surface area contributed by atoms with Crippen LogP contribution in [0, 0.1) is 0 Å². The van der Waals surface area contributed by atoms with Crippen LogP contribution in [0.2, 0.25) is 0 Å². The van der Waals surface area contributed by atoms with Crippen molar-refractivity contribution in [1.82, 2.24) is 10.3 Å². The monoisotopic (exact) mass is 428 g/mol. The molecule has 0 radical (unpaired) electrons. The molecule has 1 aromatic carbocycles. The van der Waals surface area contributed by atoms with Gasteiger partial charge in [-0.3, -0.25) is 14.9 Å². The summed E-state index contributed by atoms with van der Waals surface area (Å²) < 4.78 is 0. The fourth-order valence-electron chi connectivity index (χ4n) is 2.72.